The van der Waals surface area contributed by atoms with E-state index in [0.29, 0.717) is 23.1 Å². The van der Waals surface area contributed by atoms with E-state index < -0.39 is 29.7 Å². The normalized spacial score (nSPS) is 12.1. The van der Waals surface area contributed by atoms with Crippen LogP contribution in [0.5, 0.6) is 11.5 Å². The Morgan fingerprint density at radius 2 is 1.72 bits per heavy atom. The maximum atomic E-state index is 12.7. The van der Waals surface area contributed by atoms with Gasteiger partial charge in [-0.25, -0.2) is 0 Å². The van der Waals surface area contributed by atoms with E-state index in [9.17, 15) is 27.9 Å². The number of rotatable bonds is 6. The number of carbonyl (C=O) groups is 2. The Balaban J connectivity index is 1.96. The summed E-state index contributed by atoms with van der Waals surface area (Å²) >= 11 is 0. The fourth-order valence-corrected chi connectivity index (χ4v) is 2.41. The van der Waals surface area contributed by atoms with Gasteiger partial charge in [0.15, 0.2) is 11.5 Å². The smallest absolute Gasteiger partial charge is 0.416 e. The van der Waals surface area contributed by atoms with Crippen molar-refractivity contribution in [3.63, 3.8) is 0 Å². The Bertz CT molecular complexity index is 886. The summed E-state index contributed by atoms with van der Waals surface area (Å²) in [5.41, 5.74) is -0.735. The molecular formula is C19H19F3N2O5. The second kappa shape index (κ2) is 9.28. The van der Waals surface area contributed by atoms with Gasteiger partial charge in [-0.05, 0) is 35.9 Å². The number of benzene rings is 2. The van der Waals surface area contributed by atoms with Crippen LogP contribution < -0.4 is 20.1 Å². The number of amides is 2. The maximum absolute atomic E-state index is 12.7. The summed E-state index contributed by atoms with van der Waals surface area (Å²) in [4.78, 5) is 23.8. The van der Waals surface area contributed by atoms with Crippen LogP contribution in [-0.2, 0) is 15.8 Å². The third kappa shape index (κ3) is 5.85. The number of methoxy groups -OCH3 is 2. The minimum absolute atomic E-state index is 0.180. The first-order valence-corrected chi connectivity index (χ1v) is 8.32. The highest BCUT2D eigenvalue weighted by Gasteiger charge is 2.30. The second-order valence-electron chi connectivity index (χ2n) is 5.87. The van der Waals surface area contributed by atoms with Crippen LogP contribution in [0.4, 0.5) is 18.9 Å². The first-order chi connectivity index (χ1) is 13.7. The molecular weight excluding hydrogens is 393 g/mol. The van der Waals surface area contributed by atoms with E-state index in [1.54, 1.807) is 12.1 Å². The number of halogens is 3. The molecule has 0 saturated carbocycles. The molecule has 0 spiro atoms. The van der Waals surface area contributed by atoms with E-state index in [2.05, 4.69) is 10.6 Å². The van der Waals surface area contributed by atoms with Gasteiger partial charge < -0.3 is 25.2 Å². The summed E-state index contributed by atoms with van der Waals surface area (Å²) in [6.45, 7) is -0.301. The molecule has 0 saturated heterocycles. The number of hydrogen-bond acceptors (Lipinski definition) is 5. The van der Waals surface area contributed by atoms with Gasteiger partial charge in [-0.2, -0.15) is 13.2 Å². The van der Waals surface area contributed by atoms with Crippen molar-refractivity contribution in [2.24, 2.45) is 0 Å². The highest BCUT2D eigenvalue weighted by molar-refractivity contribution is 6.39. The van der Waals surface area contributed by atoms with Crippen LogP contribution in [-0.4, -0.2) is 37.7 Å². The van der Waals surface area contributed by atoms with E-state index in [1.165, 1.54) is 26.4 Å². The zero-order chi connectivity index (χ0) is 21.6. The molecule has 0 aliphatic rings. The van der Waals surface area contributed by atoms with Gasteiger partial charge in [0.05, 0.1) is 25.9 Å². The van der Waals surface area contributed by atoms with E-state index in [1.807, 2.05) is 0 Å². The van der Waals surface area contributed by atoms with E-state index >= 15 is 0 Å². The first-order valence-electron chi connectivity index (χ1n) is 8.32. The molecule has 2 amide bonds. The molecule has 0 aliphatic carbocycles. The summed E-state index contributed by atoms with van der Waals surface area (Å²) in [7, 11) is 2.88. The van der Waals surface area contributed by atoms with Gasteiger partial charge >= 0.3 is 18.0 Å². The van der Waals surface area contributed by atoms with Gasteiger partial charge in [-0.3, -0.25) is 9.59 Å². The molecule has 2 rings (SSSR count). The van der Waals surface area contributed by atoms with Crippen molar-refractivity contribution in [3.05, 3.63) is 53.6 Å². The zero-order valence-corrected chi connectivity index (χ0v) is 15.5. The van der Waals surface area contributed by atoms with Crippen molar-refractivity contribution in [2.45, 2.75) is 12.3 Å². The molecule has 0 heterocycles. The molecule has 2 aromatic carbocycles. The lowest BCUT2D eigenvalue weighted by Gasteiger charge is -2.15. The highest BCUT2D eigenvalue weighted by Crippen LogP contribution is 2.31. The van der Waals surface area contributed by atoms with E-state index in [0.717, 1.165) is 12.1 Å². The molecule has 0 fully saturated rings. The number of alkyl halides is 3. The van der Waals surface area contributed by atoms with Crippen molar-refractivity contribution < 1.29 is 37.3 Å². The van der Waals surface area contributed by atoms with Crippen LogP contribution in [0.25, 0.3) is 0 Å². The summed E-state index contributed by atoms with van der Waals surface area (Å²) in [5.74, 6) is -1.45. The number of anilines is 1. The van der Waals surface area contributed by atoms with Gasteiger partial charge in [0.1, 0.15) is 0 Å². The van der Waals surface area contributed by atoms with Crippen molar-refractivity contribution in [1.82, 2.24) is 5.32 Å². The minimum atomic E-state index is -4.58. The summed E-state index contributed by atoms with van der Waals surface area (Å²) in [5, 5.41) is 14.5. The Morgan fingerprint density at radius 1 is 1.03 bits per heavy atom. The van der Waals surface area contributed by atoms with Crippen LogP contribution in [0.3, 0.4) is 0 Å². The van der Waals surface area contributed by atoms with Crippen LogP contribution in [0.2, 0.25) is 0 Å². The quantitative estimate of drug-likeness (QED) is 0.634. The SMILES string of the molecule is COc1ccc([C@@H](O)CNC(=O)C(=O)Nc2cccc(C(F)(F)F)c2)cc1OC. The average molecular weight is 412 g/mol. The van der Waals surface area contributed by atoms with Gasteiger partial charge in [-0.15, -0.1) is 0 Å². The third-order valence-corrected chi connectivity index (χ3v) is 3.90. The number of aliphatic hydroxyl groups excluding tert-OH is 1. The lowest BCUT2D eigenvalue weighted by molar-refractivity contribution is -0.137. The summed E-state index contributed by atoms with van der Waals surface area (Å²) in [6.07, 6.45) is -5.73. The number of hydrogen-bond donors (Lipinski definition) is 3. The molecule has 1 atom stereocenters. The lowest BCUT2D eigenvalue weighted by atomic mass is 10.1. The highest BCUT2D eigenvalue weighted by atomic mass is 19.4. The van der Waals surface area contributed by atoms with E-state index in [-0.39, 0.29) is 12.2 Å². The third-order valence-electron chi connectivity index (χ3n) is 3.90. The molecule has 156 valence electrons. The van der Waals surface area contributed by atoms with Gasteiger partial charge in [0.2, 0.25) is 0 Å². The van der Waals surface area contributed by atoms with Crippen molar-refractivity contribution in [1.29, 1.82) is 0 Å². The largest absolute Gasteiger partial charge is 0.493 e. The van der Waals surface area contributed by atoms with Gasteiger partial charge in [0, 0.05) is 12.2 Å². The number of carbonyl (C=O) groups excluding carboxylic acids is 2. The molecule has 0 bridgehead atoms. The minimum Gasteiger partial charge on any atom is -0.493 e. The molecule has 29 heavy (non-hydrogen) atoms. The number of nitrogens with one attached hydrogen (secondary N) is 2. The standard InChI is InChI=1S/C19H19F3N2O5/c1-28-15-7-6-11(8-16(15)29-2)14(25)10-23-17(26)18(27)24-13-5-3-4-12(9-13)19(20,21)22/h3-9,14,25H,10H2,1-2H3,(H,23,26)(H,24,27)/t14-/m0/s1. The summed E-state index contributed by atoms with van der Waals surface area (Å²) in [6, 6.07) is 8.52. The van der Waals surface area contributed by atoms with Gasteiger partial charge in [0.25, 0.3) is 0 Å². The zero-order valence-electron chi connectivity index (χ0n) is 15.5. The lowest BCUT2D eigenvalue weighted by Crippen LogP contribution is -2.37. The molecule has 2 aromatic rings. The summed E-state index contributed by atoms with van der Waals surface area (Å²) < 4.78 is 48.3. The van der Waals surface area contributed by atoms with Crippen LogP contribution >= 0.6 is 0 Å². The predicted molar refractivity (Wildman–Crippen MR) is 97.6 cm³/mol. The van der Waals surface area contributed by atoms with Crippen LogP contribution in [0, 0.1) is 0 Å². The topological polar surface area (TPSA) is 96.9 Å². The first kappa shape index (κ1) is 22.0. The van der Waals surface area contributed by atoms with Crippen LogP contribution in [0.1, 0.15) is 17.2 Å². The van der Waals surface area contributed by atoms with Crippen molar-refractivity contribution in [3.8, 4) is 11.5 Å². The van der Waals surface area contributed by atoms with Crippen molar-refractivity contribution in [2.75, 3.05) is 26.1 Å². The predicted octanol–water partition coefficient (Wildman–Crippen LogP) is 2.51. The number of aliphatic hydroxyl groups is 1. The Morgan fingerprint density at radius 3 is 2.34 bits per heavy atom. The maximum Gasteiger partial charge on any atom is 0.416 e. The molecule has 0 radical (unpaired) electrons. The monoisotopic (exact) mass is 412 g/mol. The number of ether oxygens (including phenoxy) is 2. The molecule has 10 heteroatoms. The molecule has 0 unspecified atom stereocenters. The Kier molecular flexibility index (Phi) is 7.05. The molecule has 0 aliphatic heterocycles. The van der Waals surface area contributed by atoms with E-state index in [4.69, 9.17) is 9.47 Å². The fourth-order valence-electron chi connectivity index (χ4n) is 2.41. The molecule has 7 nitrogen and oxygen atoms in total. The van der Waals surface area contributed by atoms with Crippen molar-refractivity contribution >= 4 is 17.5 Å². The molecule has 3 N–H and O–H groups in total. The Hall–Kier alpha value is -3.27. The average Bonchev–Trinajstić information content (AvgIpc) is 2.70. The van der Waals surface area contributed by atoms with Gasteiger partial charge in [-0.1, -0.05) is 12.1 Å². The Labute approximate surface area is 164 Å². The fraction of sp³-hybridized carbons (Fsp3) is 0.263. The second-order valence-corrected chi connectivity index (χ2v) is 5.87. The molecule has 0 aromatic heterocycles. The van der Waals surface area contributed by atoms with Crippen LogP contribution in [0.15, 0.2) is 42.5 Å².